The molecule has 1 heterocycles. The second-order valence-corrected chi connectivity index (χ2v) is 4.72. The van der Waals surface area contributed by atoms with E-state index in [-0.39, 0.29) is 0 Å². The molecule has 1 aromatic heterocycles. The molecule has 0 spiro atoms. The molecule has 0 radical (unpaired) electrons. The Labute approximate surface area is 96.2 Å². The summed E-state index contributed by atoms with van der Waals surface area (Å²) in [5.41, 5.74) is 5.56. The molecule has 1 atom stereocenters. The number of rotatable bonds is 7. The number of unbranched alkanes of at least 4 members (excludes halogenated alkanes) is 1. The summed E-state index contributed by atoms with van der Waals surface area (Å²) >= 11 is 1.44. The van der Waals surface area contributed by atoms with E-state index in [1.54, 1.807) is 0 Å². The number of hydrogen-bond acceptors (Lipinski definition) is 4. The maximum atomic E-state index is 5.56. The van der Waals surface area contributed by atoms with Gasteiger partial charge in [0.15, 0.2) is 0 Å². The van der Waals surface area contributed by atoms with Gasteiger partial charge in [-0.15, -0.1) is 0 Å². The number of hydrogen-bond donors (Lipinski definition) is 2. The molecule has 0 aliphatic carbocycles. The van der Waals surface area contributed by atoms with Crippen LogP contribution in [0.25, 0.3) is 0 Å². The van der Waals surface area contributed by atoms with Crippen LogP contribution in [0.5, 0.6) is 0 Å². The van der Waals surface area contributed by atoms with Crippen molar-refractivity contribution in [1.29, 1.82) is 0 Å². The van der Waals surface area contributed by atoms with Gasteiger partial charge in [-0.1, -0.05) is 33.1 Å². The zero-order valence-corrected chi connectivity index (χ0v) is 10.4. The second-order valence-electron chi connectivity index (χ2n) is 3.91. The summed E-state index contributed by atoms with van der Waals surface area (Å²) in [6.45, 7) is 5.53. The van der Waals surface area contributed by atoms with Gasteiger partial charge in [-0.25, -0.2) is 0 Å². The summed E-state index contributed by atoms with van der Waals surface area (Å²) in [6.07, 6.45) is 5.16. The quantitative estimate of drug-likeness (QED) is 0.751. The van der Waals surface area contributed by atoms with Gasteiger partial charge in [-0.2, -0.15) is 4.37 Å². The van der Waals surface area contributed by atoms with Gasteiger partial charge in [0.25, 0.3) is 0 Å². The Hall–Kier alpha value is -0.770. The van der Waals surface area contributed by atoms with Crippen LogP contribution in [-0.4, -0.2) is 10.9 Å². The molecule has 3 N–H and O–H groups in total. The van der Waals surface area contributed by atoms with E-state index in [1.807, 2.05) is 6.07 Å². The predicted molar refractivity (Wildman–Crippen MR) is 68.3 cm³/mol. The molecule has 0 aliphatic rings. The lowest BCUT2D eigenvalue weighted by molar-refractivity contribution is 0.473. The zero-order valence-electron chi connectivity index (χ0n) is 9.62. The molecular weight excluding hydrogens is 206 g/mol. The van der Waals surface area contributed by atoms with Gasteiger partial charge in [-0.05, 0) is 23.9 Å². The summed E-state index contributed by atoms with van der Waals surface area (Å²) in [5, 5.41) is 4.49. The molecule has 0 fully saturated rings. The Morgan fingerprint density at radius 3 is 2.87 bits per heavy atom. The highest BCUT2D eigenvalue weighted by Crippen LogP contribution is 2.19. The first kappa shape index (κ1) is 12.3. The van der Waals surface area contributed by atoms with E-state index < -0.39 is 0 Å². The van der Waals surface area contributed by atoms with Crippen molar-refractivity contribution in [3.8, 4) is 0 Å². The number of anilines is 2. The molecule has 0 aromatic carbocycles. The fraction of sp³-hybridized carbons (Fsp3) is 0.727. The molecule has 0 bridgehead atoms. The minimum absolute atomic E-state index is 0.615. The third-order valence-corrected chi connectivity index (χ3v) is 3.40. The summed E-state index contributed by atoms with van der Waals surface area (Å²) in [5.74, 6) is 1.39. The van der Waals surface area contributed by atoms with E-state index in [9.17, 15) is 0 Å². The first-order chi connectivity index (χ1) is 7.26. The van der Waals surface area contributed by atoms with Gasteiger partial charge in [0.1, 0.15) is 10.8 Å². The normalized spacial score (nSPS) is 12.7. The van der Waals surface area contributed by atoms with Crippen LogP contribution in [0.15, 0.2) is 6.07 Å². The fourth-order valence-corrected chi connectivity index (χ4v) is 2.14. The van der Waals surface area contributed by atoms with Crippen molar-refractivity contribution in [2.75, 3.05) is 17.6 Å². The molecule has 1 rings (SSSR count). The molecule has 1 unspecified atom stereocenters. The van der Waals surface area contributed by atoms with Gasteiger partial charge in [0, 0.05) is 12.6 Å². The molecule has 15 heavy (non-hydrogen) atoms. The van der Waals surface area contributed by atoms with Crippen LogP contribution in [0.4, 0.5) is 10.8 Å². The average molecular weight is 227 g/mol. The number of nitrogen functional groups attached to an aromatic ring is 1. The van der Waals surface area contributed by atoms with E-state index in [1.165, 1.54) is 37.2 Å². The maximum absolute atomic E-state index is 5.56. The molecule has 4 heteroatoms. The largest absolute Gasteiger partial charge is 0.383 e. The molecule has 0 aliphatic heterocycles. The van der Waals surface area contributed by atoms with Crippen LogP contribution in [0.2, 0.25) is 0 Å². The zero-order chi connectivity index (χ0) is 11.1. The first-order valence-electron chi connectivity index (χ1n) is 5.72. The molecule has 3 nitrogen and oxygen atoms in total. The van der Waals surface area contributed by atoms with E-state index in [0.29, 0.717) is 5.82 Å². The van der Waals surface area contributed by atoms with Crippen molar-refractivity contribution in [3.05, 3.63) is 6.07 Å². The third kappa shape index (κ3) is 4.51. The highest BCUT2D eigenvalue weighted by molar-refractivity contribution is 7.10. The van der Waals surface area contributed by atoms with Gasteiger partial charge in [0.05, 0.1) is 0 Å². The summed E-state index contributed by atoms with van der Waals surface area (Å²) in [7, 11) is 0. The van der Waals surface area contributed by atoms with Gasteiger partial charge < -0.3 is 11.1 Å². The van der Waals surface area contributed by atoms with Crippen LogP contribution in [-0.2, 0) is 0 Å². The van der Waals surface area contributed by atoms with Gasteiger partial charge in [0.2, 0.25) is 0 Å². The number of nitrogens with two attached hydrogens (primary N) is 1. The van der Waals surface area contributed by atoms with Gasteiger partial charge >= 0.3 is 0 Å². The topological polar surface area (TPSA) is 50.9 Å². The van der Waals surface area contributed by atoms with Crippen LogP contribution in [0.1, 0.15) is 39.5 Å². The first-order valence-corrected chi connectivity index (χ1v) is 6.49. The van der Waals surface area contributed by atoms with E-state index in [2.05, 4.69) is 23.5 Å². The Morgan fingerprint density at radius 1 is 1.53 bits per heavy atom. The lowest BCUT2D eigenvalue weighted by Crippen LogP contribution is -2.12. The molecule has 0 saturated carbocycles. The molecule has 0 saturated heterocycles. The Morgan fingerprint density at radius 2 is 2.33 bits per heavy atom. The van der Waals surface area contributed by atoms with Crippen LogP contribution < -0.4 is 11.1 Å². The predicted octanol–water partition coefficient (Wildman–Crippen LogP) is 3.35. The lowest BCUT2D eigenvalue weighted by Gasteiger charge is -2.14. The van der Waals surface area contributed by atoms with Crippen molar-refractivity contribution in [2.24, 2.45) is 5.92 Å². The van der Waals surface area contributed by atoms with E-state index in [0.717, 1.165) is 17.5 Å². The maximum Gasteiger partial charge on any atom is 0.139 e. The number of aromatic nitrogens is 1. The monoisotopic (exact) mass is 227 g/mol. The van der Waals surface area contributed by atoms with Crippen LogP contribution in [0.3, 0.4) is 0 Å². The average Bonchev–Trinajstić information content (AvgIpc) is 2.65. The highest BCUT2D eigenvalue weighted by atomic mass is 32.1. The Kier molecular flexibility index (Phi) is 5.47. The van der Waals surface area contributed by atoms with Crippen LogP contribution in [0, 0.1) is 5.92 Å². The van der Waals surface area contributed by atoms with Gasteiger partial charge in [-0.3, -0.25) is 0 Å². The minimum Gasteiger partial charge on any atom is -0.383 e. The van der Waals surface area contributed by atoms with E-state index in [4.69, 9.17) is 5.73 Å². The third-order valence-electron chi connectivity index (χ3n) is 2.64. The second kappa shape index (κ2) is 6.67. The van der Waals surface area contributed by atoms with E-state index >= 15 is 0 Å². The summed E-state index contributed by atoms with van der Waals surface area (Å²) in [6, 6.07) is 1.90. The van der Waals surface area contributed by atoms with Crippen molar-refractivity contribution in [1.82, 2.24) is 4.37 Å². The fourth-order valence-electron chi connectivity index (χ4n) is 1.56. The van der Waals surface area contributed by atoms with Crippen molar-refractivity contribution in [2.45, 2.75) is 39.5 Å². The highest BCUT2D eigenvalue weighted by Gasteiger charge is 2.06. The number of nitrogens with zero attached hydrogens (tertiary/aromatic N) is 1. The Bertz CT molecular complexity index is 273. The summed E-state index contributed by atoms with van der Waals surface area (Å²) in [4.78, 5) is 0. The molecule has 86 valence electrons. The van der Waals surface area contributed by atoms with Crippen molar-refractivity contribution >= 4 is 22.4 Å². The summed E-state index contributed by atoms with van der Waals surface area (Å²) < 4.78 is 4.04. The molecular formula is C11H21N3S. The van der Waals surface area contributed by atoms with Crippen LogP contribution >= 0.6 is 11.5 Å². The minimum atomic E-state index is 0.615. The molecule has 1 aromatic rings. The lowest BCUT2D eigenvalue weighted by atomic mass is 9.99. The number of nitrogens with one attached hydrogen (secondary N) is 1. The van der Waals surface area contributed by atoms with Crippen molar-refractivity contribution in [3.63, 3.8) is 0 Å². The SMILES string of the molecule is CCCCC(CC)CNc1cc(N)ns1. The smallest absolute Gasteiger partial charge is 0.139 e. The Balaban J connectivity index is 2.27. The van der Waals surface area contributed by atoms with Crippen molar-refractivity contribution < 1.29 is 0 Å². The standard InChI is InChI=1S/C11H21N3S/c1-3-5-6-9(4-2)8-13-11-7-10(12)14-15-11/h7,9,13H,3-6,8H2,1-2H3,(H2,12,14). The molecule has 0 amide bonds.